The topological polar surface area (TPSA) is 95.1 Å². The third kappa shape index (κ3) is 4.06. The summed E-state index contributed by atoms with van der Waals surface area (Å²) in [5.74, 6) is 1.69. The van der Waals surface area contributed by atoms with Gasteiger partial charge in [0.25, 0.3) is 0 Å². The van der Waals surface area contributed by atoms with Gasteiger partial charge in [-0.1, -0.05) is 24.3 Å². The van der Waals surface area contributed by atoms with Crippen molar-refractivity contribution in [3.05, 3.63) is 77.6 Å². The fourth-order valence-corrected chi connectivity index (χ4v) is 5.18. The van der Waals surface area contributed by atoms with Crippen LogP contribution in [0.1, 0.15) is 12.0 Å². The maximum Gasteiger partial charge on any atom is 0.322 e. The van der Waals surface area contributed by atoms with E-state index in [1.807, 2.05) is 52.9 Å². The molecule has 0 radical (unpaired) electrons. The lowest BCUT2D eigenvalue weighted by molar-refractivity contribution is 0.215. The van der Waals surface area contributed by atoms with Crippen LogP contribution in [0.15, 0.2) is 72.0 Å². The molecule has 9 heteroatoms. The average Bonchev–Trinajstić information content (AvgIpc) is 3.52. The van der Waals surface area contributed by atoms with Gasteiger partial charge in [0.2, 0.25) is 0 Å². The molecule has 4 heterocycles. The molecule has 0 saturated carbocycles. The molecule has 0 bridgehead atoms. The van der Waals surface area contributed by atoms with E-state index in [9.17, 15) is 4.79 Å². The number of anilines is 4. The molecule has 0 aliphatic carbocycles. The molecule has 8 nitrogen and oxygen atoms in total. The van der Waals surface area contributed by atoms with Crippen molar-refractivity contribution in [3.63, 3.8) is 0 Å². The van der Waals surface area contributed by atoms with E-state index in [1.54, 1.807) is 17.7 Å². The maximum absolute atomic E-state index is 12.6. The number of benzene rings is 2. The Labute approximate surface area is 200 Å². The number of hydrogen-bond donors (Lipinski definition) is 3. The first-order valence-electron chi connectivity index (χ1n) is 11.2. The van der Waals surface area contributed by atoms with Gasteiger partial charge in [-0.25, -0.2) is 19.7 Å². The Bertz CT molecular complexity index is 1380. The first-order valence-corrected chi connectivity index (χ1v) is 12.1. The molecule has 2 aromatic heterocycles. The second-order valence-corrected chi connectivity index (χ2v) is 9.27. The first kappa shape index (κ1) is 20.6. The number of thiazole rings is 1. The summed E-state index contributed by atoms with van der Waals surface area (Å²) in [5, 5.41) is 9.98. The predicted octanol–water partition coefficient (Wildman–Crippen LogP) is 5.03. The zero-order chi connectivity index (χ0) is 22.9. The zero-order valence-corrected chi connectivity index (χ0v) is 19.2. The molecule has 2 aliphatic rings. The van der Waals surface area contributed by atoms with E-state index in [4.69, 9.17) is 0 Å². The summed E-state index contributed by atoms with van der Waals surface area (Å²) in [6.07, 6.45) is 5.39. The first-order chi connectivity index (χ1) is 16.7. The van der Waals surface area contributed by atoms with Crippen LogP contribution in [-0.2, 0) is 6.42 Å². The van der Waals surface area contributed by atoms with E-state index in [0.717, 1.165) is 51.6 Å². The number of hydrogen-bond acceptors (Lipinski definition) is 7. The minimum atomic E-state index is -0.0700. The fourth-order valence-electron chi connectivity index (χ4n) is 4.46. The van der Waals surface area contributed by atoms with Crippen molar-refractivity contribution in [1.29, 1.82) is 0 Å². The summed E-state index contributed by atoms with van der Waals surface area (Å²) < 4.78 is 1.14. The minimum absolute atomic E-state index is 0.0700. The van der Waals surface area contributed by atoms with Gasteiger partial charge in [0.15, 0.2) is 0 Å². The third-order valence-electron chi connectivity index (χ3n) is 6.26. The number of nitrogens with zero attached hydrogens (tertiary/aromatic N) is 4. The predicted molar refractivity (Wildman–Crippen MR) is 136 cm³/mol. The Balaban J connectivity index is 1.13. The number of carbonyl (C=O) groups excluding carboxylic acids is 1. The van der Waals surface area contributed by atoms with Crippen LogP contribution >= 0.6 is 11.3 Å². The number of rotatable bonds is 4. The normalized spacial score (nSPS) is 17.1. The van der Waals surface area contributed by atoms with Crippen molar-refractivity contribution in [2.75, 3.05) is 29.0 Å². The highest BCUT2D eigenvalue weighted by molar-refractivity contribution is 7.16. The highest BCUT2D eigenvalue weighted by Crippen LogP contribution is 2.34. The molecular formula is C25H23N7OS. The van der Waals surface area contributed by atoms with E-state index in [2.05, 4.69) is 43.0 Å². The Kier molecular flexibility index (Phi) is 5.31. The summed E-state index contributed by atoms with van der Waals surface area (Å²) in [6, 6.07) is 15.8. The summed E-state index contributed by atoms with van der Waals surface area (Å²) in [6.45, 7) is 1.28. The molecule has 0 spiro atoms. The molecule has 2 aliphatic heterocycles. The average molecular weight is 470 g/mol. The number of aromatic nitrogens is 3. The quantitative estimate of drug-likeness (QED) is 0.363. The van der Waals surface area contributed by atoms with Gasteiger partial charge in [-0.2, -0.15) is 0 Å². The molecule has 1 unspecified atom stereocenters. The Hall–Kier alpha value is -3.98. The van der Waals surface area contributed by atoms with Crippen LogP contribution in [0, 0.1) is 0 Å². The van der Waals surface area contributed by atoms with Crippen LogP contribution in [0.25, 0.3) is 10.2 Å². The van der Waals surface area contributed by atoms with Crippen molar-refractivity contribution in [1.82, 2.24) is 19.9 Å². The molecule has 0 fully saturated rings. The van der Waals surface area contributed by atoms with E-state index in [0.29, 0.717) is 13.1 Å². The molecule has 2 aromatic carbocycles. The number of carbonyl (C=O) groups is 1. The van der Waals surface area contributed by atoms with Gasteiger partial charge in [-0.05, 0) is 42.3 Å². The smallest absolute Gasteiger partial charge is 0.322 e. The number of fused-ring (bicyclic) bond motifs is 2. The largest absolute Gasteiger partial charge is 0.363 e. The van der Waals surface area contributed by atoms with E-state index in [1.165, 1.54) is 5.57 Å². The van der Waals surface area contributed by atoms with Crippen molar-refractivity contribution >= 4 is 50.6 Å². The molecule has 3 N–H and O–H groups in total. The Morgan fingerprint density at radius 1 is 1.09 bits per heavy atom. The van der Waals surface area contributed by atoms with Crippen LogP contribution in [0.3, 0.4) is 0 Å². The van der Waals surface area contributed by atoms with Gasteiger partial charge in [0, 0.05) is 36.4 Å². The SMILES string of the molecule is O=C(Nc1ccccc1)N1CC=C(C2Cc3c(Nc4ccc5ncsc5c4)ncnc3N2)CC1. The highest BCUT2D eigenvalue weighted by Gasteiger charge is 2.30. The van der Waals surface area contributed by atoms with Crippen molar-refractivity contribution in [2.24, 2.45) is 0 Å². The second-order valence-electron chi connectivity index (χ2n) is 8.38. The number of nitrogens with one attached hydrogen (secondary N) is 3. The van der Waals surface area contributed by atoms with Crippen LogP contribution in [0.5, 0.6) is 0 Å². The van der Waals surface area contributed by atoms with E-state index >= 15 is 0 Å². The van der Waals surface area contributed by atoms with Crippen LogP contribution in [0.2, 0.25) is 0 Å². The van der Waals surface area contributed by atoms with Crippen LogP contribution in [0.4, 0.5) is 27.8 Å². The monoisotopic (exact) mass is 469 g/mol. The number of para-hydroxylation sites is 1. The van der Waals surface area contributed by atoms with E-state index in [-0.39, 0.29) is 12.1 Å². The summed E-state index contributed by atoms with van der Waals surface area (Å²) in [7, 11) is 0. The van der Waals surface area contributed by atoms with Crippen molar-refractivity contribution in [3.8, 4) is 0 Å². The van der Waals surface area contributed by atoms with Gasteiger partial charge >= 0.3 is 6.03 Å². The zero-order valence-electron chi connectivity index (χ0n) is 18.4. The summed E-state index contributed by atoms with van der Waals surface area (Å²) >= 11 is 1.62. The van der Waals surface area contributed by atoms with Crippen LogP contribution < -0.4 is 16.0 Å². The van der Waals surface area contributed by atoms with Crippen molar-refractivity contribution in [2.45, 2.75) is 18.9 Å². The van der Waals surface area contributed by atoms with Gasteiger partial charge in [0.1, 0.15) is 18.0 Å². The molecule has 4 aromatic rings. The third-order valence-corrected chi connectivity index (χ3v) is 7.05. The standard InChI is InChI=1S/C25H23N7OS/c33-25(30-17-4-2-1-3-5-17)32-10-8-16(9-11-32)21-13-19-23(26-14-27-24(19)31-21)29-18-6-7-20-22(12-18)34-15-28-20/h1-8,12,14-15,21H,9-11,13H2,(H,30,33)(H2,26,27,29,31). The molecule has 6 rings (SSSR count). The Morgan fingerprint density at radius 3 is 2.85 bits per heavy atom. The van der Waals surface area contributed by atoms with Gasteiger partial charge in [0.05, 0.1) is 21.8 Å². The molecular weight excluding hydrogens is 446 g/mol. The minimum Gasteiger partial charge on any atom is -0.363 e. The van der Waals surface area contributed by atoms with Gasteiger partial charge in [-0.15, -0.1) is 11.3 Å². The van der Waals surface area contributed by atoms with Crippen molar-refractivity contribution < 1.29 is 4.79 Å². The molecule has 34 heavy (non-hydrogen) atoms. The van der Waals surface area contributed by atoms with E-state index < -0.39 is 0 Å². The molecule has 1 atom stereocenters. The molecule has 2 amide bonds. The molecule has 0 saturated heterocycles. The lowest BCUT2D eigenvalue weighted by Crippen LogP contribution is -2.39. The number of amides is 2. The maximum atomic E-state index is 12.6. The molecule has 170 valence electrons. The lowest BCUT2D eigenvalue weighted by atomic mass is 9.97. The van der Waals surface area contributed by atoms with Gasteiger partial charge in [-0.3, -0.25) is 0 Å². The summed E-state index contributed by atoms with van der Waals surface area (Å²) in [5.41, 5.74) is 7.04. The van der Waals surface area contributed by atoms with Crippen LogP contribution in [-0.4, -0.2) is 45.0 Å². The summed E-state index contributed by atoms with van der Waals surface area (Å²) in [4.78, 5) is 27.8. The Morgan fingerprint density at radius 2 is 2.00 bits per heavy atom. The number of urea groups is 1. The van der Waals surface area contributed by atoms with Gasteiger partial charge < -0.3 is 20.9 Å². The highest BCUT2D eigenvalue weighted by atomic mass is 32.1. The lowest BCUT2D eigenvalue weighted by Gasteiger charge is -2.29. The fraction of sp³-hybridized carbons (Fsp3) is 0.200. The second kappa shape index (κ2) is 8.75.